The molecule has 1 aromatic rings. The normalized spacial score (nSPS) is 17.2. The Balaban J connectivity index is 2.25. The van der Waals surface area contributed by atoms with Gasteiger partial charge in [-0.05, 0) is 19.9 Å². The van der Waals surface area contributed by atoms with Gasteiger partial charge in [0.1, 0.15) is 5.56 Å². The zero-order valence-corrected chi connectivity index (χ0v) is 9.91. The van der Waals surface area contributed by atoms with E-state index in [-0.39, 0.29) is 11.5 Å². The second-order valence-electron chi connectivity index (χ2n) is 4.33. The fourth-order valence-electron chi connectivity index (χ4n) is 1.94. The molecule has 0 radical (unpaired) electrons. The maximum Gasteiger partial charge on any atom is 0.341 e. The molecule has 0 amide bonds. The highest BCUT2D eigenvalue weighted by molar-refractivity contribution is 5.90. The van der Waals surface area contributed by atoms with Gasteiger partial charge in [0, 0.05) is 19.0 Å². The van der Waals surface area contributed by atoms with Crippen molar-refractivity contribution in [2.45, 2.75) is 24.8 Å². The maximum atomic E-state index is 11.5. The number of carbonyl (C=O) groups is 1. The van der Waals surface area contributed by atoms with Gasteiger partial charge in [0.15, 0.2) is 0 Å². The van der Waals surface area contributed by atoms with Crippen LogP contribution < -0.4 is 5.32 Å². The summed E-state index contributed by atoms with van der Waals surface area (Å²) in [5.74, 6) is -0.310. The van der Waals surface area contributed by atoms with E-state index in [1.165, 1.54) is 7.11 Å². The fourth-order valence-corrected chi connectivity index (χ4v) is 1.94. The first-order valence-electron chi connectivity index (χ1n) is 5.40. The molecule has 1 aliphatic rings. The van der Waals surface area contributed by atoms with Gasteiger partial charge in [-0.25, -0.2) is 4.79 Å². The first-order chi connectivity index (χ1) is 7.62. The quantitative estimate of drug-likeness (QED) is 0.755. The van der Waals surface area contributed by atoms with Crippen LogP contribution in [-0.2, 0) is 18.2 Å². The summed E-state index contributed by atoms with van der Waals surface area (Å²) in [4.78, 5) is 11.5. The van der Waals surface area contributed by atoms with E-state index in [2.05, 4.69) is 10.4 Å². The van der Waals surface area contributed by atoms with E-state index >= 15 is 0 Å². The minimum Gasteiger partial charge on any atom is -0.465 e. The highest BCUT2D eigenvalue weighted by Gasteiger charge is 2.42. The Morgan fingerprint density at radius 3 is 2.88 bits per heavy atom. The van der Waals surface area contributed by atoms with Crippen molar-refractivity contribution in [2.24, 2.45) is 7.05 Å². The van der Waals surface area contributed by atoms with Gasteiger partial charge < -0.3 is 10.1 Å². The van der Waals surface area contributed by atoms with Crippen LogP contribution in [0.2, 0.25) is 0 Å². The van der Waals surface area contributed by atoms with Crippen LogP contribution in [0, 0.1) is 0 Å². The fraction of sp³-hybridized carbons (Fsp3) is 0.636. The van der Waals surface area contributed by atoms with Crippen LogP contribution in [0.15, 0.2) is 6.20 Å². The second kappa shape index (κ2) is 3.90. The van der Waals surface area contributed by atoms with Crippen molar-refractivity contribution >= 4 is 5.97 Å². The molecular weight excluding hydrogens is 206 g/mol. The predicted molar refractivity (Wildman–Crippen MR) is 59.3 cm³/mol. The molecule has 1 heterocycles. The van der Waals surface area contributed by atoms with Gasteiger partial charge in [0.05, 0.1) is 19.0 Å². The third-order valence-corrected chi connectivity index (χ3v) is 3.36. The Labute approximate surface area is 94.8 Å². The molecule has 1 N–H and O–H groups in total. The Bertz CT molecular complexity index is 407. The molecule has 1 aromatic heterocycles. The predicted octanol–water partition coefficient (Wildman–Crippen LogP) is 0.501. The average molecular weight is 223 g/mol. The first-order valence-corrected chi connectivity index (χ1v) is 5.40. The molecule has 16 heavy (non-hydrogen) atoms. The lowest BCUT2D eigenvalue weighted by atomic mass is 10.1. The van der Waals surface area contributed by atoms with E-state index in [1.54, 1.807) is 10.9 Å². The van der Waals surface area contributed by atoms with E-state index in [0.29, 0.717) is 5.56 Å². The first kappa shape index (κ1) is 11.1. The number of ether oxygens (including phenoxy) is 1. The molecule has 5 heteroatoms. The van der Waals surface area contributed by atoms with Gasteiger partial charge in [0.25, 0.3) is 0 Å². The van der Waals surface area contributed by atoms with Crippen molar-refractivity contribution in [2.75, 3.05) is 14.2 Å². The number of rotatable bonds is 4. The van der Waals surface area contributed by atoms with Crippen LogP contribution in [0.3, 0.4) is 0 Å². The van der Waals surface area contributed by atoms with Crippen molar-refractivity contribution in [1.82, 2.24) is 15.1 Å². The maximum absolute atomic E-state index is 11.5. The van der Waals surface area contributed by atoms with Crippen LogP contribution in [-0.4, -0.2) is 35.4 Å². The molecule has 1 saturated carbocycles. The van der Waals surface area contributed by atoms with Gasteiger partial charge in [-0.15, -0.1) is 0 Å². The van der Waals surface area contributed by atoms with Crippen LogP contribution in [0.1, 0.15) is 28.9 Å². The lowest BCUT2D eigenvalue weighted by Crippen LogP contribution is -2.31. The number of nitrogens with one attached hydrogen (secondary N) is 1. The summed E-state index contributed by atoms with van der Waals surface area (Å²) in [5, 5.41) is 7.43. The monoisotopic (exact) mass is 223 g/mol. The molecular formula is C11H17N3O2. The van der Waals surface area contributed by atoms with Gasteiger partial charge >= 0.3 is 5.97 Å². The zero-order chi connectivity index (χ0) is 11.8. The third-order valence-electron chi connectivity index (χ3n) is 3.36. The molecule has 2 rings (SSSR count). The van der Waals surface area contributed by atoms with E-state index in [1.807, 2.05) is 14.1 Å². The smallest absolute Gasteiger partial charge is 0.341 e. The van der Waals surface area contributed by atoms with Crippen molar-refractivity contribution in [3.05, 3.63) is 17.5 Å². The molecule has 0 aliphatic heterocycles. The zero-order valence-electron chi connectivity index (χ0n) is 9.91. The summed E-state index contributed by atoms with van der Waals surface area (Å²) in [6, 6.07) is 0. The highest BCUT2D eigenvalue weighted by atomic mass is 16.5. The standard InChI is InChI=1S/C11H17N3O2/c1-12-11(4-5-11)6-9-8(10(15)16-3)7-13-14(9)2/h7,12H,4-6H2,1-3H3. The van der Waals surface area contributed by atoms with Gasteiger partial charge in [-0.2, -0.15) is 5.10 Å². The van der Waals surface area contributed by atoms with Gasteiger partial charge in [-0.3, -0.25) is 4.68 Å². The Kier molecular flexibility index (Phi) is 2.71. The van der Waals surface area contributed by atoms with Crippen LogP contribution >= 0.6 is 0 Å². The summed E-state index contributed by atoms with van der Waals surface area (Å²) in [6.07, 6.45) is 4.70. The minimum absolute atomic E-state index is 0.163. The molecule has 0 saturated heterocycles. The molecule has 5 nitrogen and oxygen atoms in total. The van der Waals surface area contributed by atoms with Gasteiger partial charge in [0.2, 0.25) is 0 Å². The molecule has 1 aliphatic carbocycles. The minimum atomic E-state index is -0.310. The summed E-state index contributed by atoms with van der Waals surface area (Å²) in [5.41, 5.74) is 1.68. The van der Waals surface area contributed by atoms with E-state index in [9.17, 15) is 4.79 Å². The Hall–Kier alpha value is -1.36. The third kappa shape index (κ3) is 1.82. The Morgan fingerprint density at radius 2 is 2.38 bits per heavy atom. The number of nitrogens with zero attached hydrogens (tertiary/aromatic N) is 2. The topological polar surface area (TPSA) is 56.1 Å². The second-order valence-corrected chi connectivity index (χ2v) is 4.33. The lowest BCUT2D eigenvalue weighted by molar-refractivity contribution is 0.0599. The summed E-state index contributed by atoms with van der Waals surface area (Å²) < 4.78 is 6.50. The number of methoxy groups -OCH3 is 1. The van der Waals surface area contributed by atoms with Crippen molar-refractivity contribution in [3.8, 4) is 0 Å². The SMILES string of the molecule is CNC1(Cc2c(C(=O)OC)cnn2C)CC1. The largest absolute Gasteiger partial charge is 0.465 e. The van der Waals surface area contributed by atoms with Crippen molar-refractivity contribution in [3.63, 3.8) is 0 Å². The summed E-state index contributed by atoms with van der Waals surface area (Å²) in [6.45, 7) is 0. The number of hydrogen-bond donors (Lipinski definition) is 1. The number of aromatic nitrogens is 2. The Morgan fingerprint density at radius 1 is 1.69 bits per heavy atom. The van der Waals surface area contributed by atoms with Gasteiger partial charge in [-0.1, -0.05) is 0 Å². The van der Waals surface area contributed by atoms with Crippen LogP contribution in [0.25, 0.3) is 0 Å². The molecule has 0 atom stereocenters. The highest BCUT2D eigenvalue weighted by Crippen LogP contribution is 2.38. The number of carbonyl (C=O) groups excluding carboxylic acids is 1. The summed E-state index contributed by atoms with van der Waals surface area (Å²) in [7, 11) is 5.21. The molecule has 0 spiro atoms. The van der Waals surface area contributed by atoms with Crippen LogP contribution in [0.4, 0.5) is 0 Å². The molecule has 88 valence electrons. The van der Waals surface area contributed by atoms with Crippen LogP contribution in [0.5, 0.6) is 0 Å². The number of hydrogen-bond acceptors (Lipinski definition) is 4. The van der Waals surface area contributed by atoms with Crippen molar-refractivity contribution in [1.29, 1.82) is 0 Å². The van der Waals surface area contributed by atoms with E-state index < -0.39 is 0 Å². The number of aryl methyl sites for hydroxylation is 1. The lowest BCUT2D eigenvalue weighted by Gasteiger charge is -2.14. The van der Waals surface area contributed by atoms with Crippen molar-refractivity contribution < 1.29 is 9.53 Å². The summed E-state index contributed by atoms with van der Waals surface area (Å²) >= 11 is 0. The molecule has 0 aromatic carbocycles. The number of likely N-dealkylation sites (N-methyl/N-ethyl adjacent to an activating group) is 1. The molecule has 0 bridgehead atoms. The van der Waals surface area contributed by atoms with E-state index in [4.69, 9.17) is 4.74 Å². The molecule has 0 unspecified atom stereocenters. The van der Waals surface area contributed by atoms with E-state index in [0.717, 1.165) is 25.0 Å². The number of esters is 1. The average Bonchev–Trinajstić information content (AvgIpc) is 2.99. The molecule has 1 fully saturated rings.